The summed E-state index contributed by atoms with van der Waals surface area (Å²) < 4.78 is 0. The van der Waals surface area contributed by atoms with Gasteiger partial charge in [-0.15, -0.1) is 11.3 Å². The quantitative estimate of drug-likeness (QED) is 0.722. The summed E-state index contributed by atoms with van der Waals surface area (Å²) >= 11 is 1.81. The van der Waals surface area contributed by atoms with E-state index in [1.54, 1.807) is 0 Å². The van der Waals surface area contributed by atoms with Gasteiger partial charge in [0.25, 0.3) is 0 Å². The molecule has 0 bridgehead atoms. The van der Waals surface area contributed by atoms with Crippen molar-refractivity contribution in [2.24, 2.45) is 5.73 Å². The topological polar surface area (TPSA) is 38.9 Å². The Hall–Kier alpha value is -0.410. The van der Waals surface area contributed by atoms with E-state index in [1.807, 2.05) is 18.3 Å². The number of thiazole rings is 1. The minimum absolute atomic E-state index is 0.112. The van der Waals surface area contributed by atoms with Gasteiger partial charge in [0.15, 0.2) is 0 Å². The number of fused-ring (bicyclic) bond motifs is 1. The Bertz CT molecular complexity index is 255. The van der Waals surface area contributed by atoms with Gasteiger partial charge in [-0.3, -0.25) is 0 Å². The second-order valence-electron chi connectivity index (χ2n) is 3.42. The van der Waals surface area contributed by atoms with Crippen molar-refractivity contribution in [3.63, 3.8) is 0 Å². The summed E-state index contributed by atoms with van der Waals surface area (Å²) in [5.74, 6) is 0. The average molecular weight is 182 g/mol. The Balaban J connectivity index is 2.32. The number of rotatable bonds is 1. The summed E-state index contributed by atoms with van der Waals surface area (Å²) in [6.07, 6.45) is 5.01. The van der Waals surface area contributed by atoms with Gasteiger partial charge in [0.1, 0.15) is 5.01 Å². The molecule has 0 aromatic carbocycles. The molecule has 1 heterocycles. The minimum Gasteiger partial charge on any atom is -0.322 e. The van der Waals surface area contributed by atoms with Gasteiger partial charge < -0.3 is 5.73 Å². The highest BCUT2D eigenvalue weighted by molar-refractivity contribution is 7.11. The van der Waals surface area contributed by atoms with Crippen molar-refractivity contribution < 1.29 is 0 Å². The van der Waals surface area contributed by atoms with Crippen molar-refractivity contribution in [1.82, 2.24) is 4.98 Å². The molecule has 0 saturated carbocycles. The van der Waals surface area contributed by atoms with Crippen LogP contribution in [0.1, 0.15) is 41.4 Å². The fourth-order valence-electron chi connectivity index (χ4n) is 1.57. The van der Waals surface area contributed by atoms with Crippen LogP contribution in [-0.4, -0.2) is 4.98 Å². The summed E-state index contributed by atoms with van der Waals surface area (Å²) in [6, 6.07) is 0.112. The predicted molar refractivity (Wildman–Crippen MR) is 51.4 cm³/mol. The number of nitrogens with zero attached hydrogens (tertiary/aromatic N) is 1. The van der Waals surface area contributed by atoms with Gasteiger partial charge in [-0.2, -0.15) is 0 Å². The van der Waals surface area contributed by atoms with Crippen LogP contribution in [0.25, 0.3) is 0 Å². The van der Waals surface area contributed by atoms with E-state index in [1.165, 1.54) is 36.3 Å². The number of aromatic nitrogens is 1. The van der Waals surface area contributed by atoms with E-state index in [0.29, 0.717) is 0 Å². The summed E-state index contributed by atoms with van der Waals surface area (Å²) in [4.78, 5) is 6.02. The van der Waals surface area contributed by atoms with Gasteiger partial charge in [-0.25, -0.2) is 4.98 Å². The van der Waals surface area contributed by atoms with Crippen LogP contribution in [0.5, 0.6) is 0 Å². The standard InChI is InChI=1S/C9H14N2S/c1-6(10)9-11-7-4-2-3-5-8(7)12-9/h6H,2-5,10H2,1H3/t6-/m0/s1. The lowest BCUT2D eigenvalue weighted by Gasteiger charge is -2.06. The predicted octanol–water partition coefficient (Wildman–Crippen LogP) is 2.04. The molecular weight excluding hydrogens is 168 g/mol. The van der Waals surface area contributed by atoms with Crippen LogP contribution in [0, 0.1) is 0 Å². The lowest BCUT2D eigenvalue weighted by atomic mass is 10.0. The molecule has 0 fully saturated rings. The molecule has 1 atom stereocenters. The first-order valence-electron chi connectivity index (χ1n) is 4.51. The van der Waals surface area contributed by atoms with Crippen LogP contribution < -0.4 is 5.73 Å². The van der Waals surface area contributed by atoms with Gasteiger partial charge in [0.2, 0.25) is 0 Å². The lowest BCUT2D eigenvalue weighted by Crippen LogP contribution is -2.04. The van der Waals surface area contributed by atoms with Gasteiger partial charge in [0, 0.05) is 4.88 Å². The fourth-order valence-corrected chi connectivity index (χ4v) is 2.67. The Labute approximate surface area is 76.8 Å². The van der Waals surface area contributed by atoms with Crippen molar-refractivity contribution in [3.05, 3.63) is 15.6 Å². The molecule has 1 aromatic rings. The zero-order valence-electron chi connectivity index (χ0n) is 7.34. The van der Waals surface area contributed by atoms with Gasteiger partial charge in [0.05, 0.1) is 11.7 Å². The smallest absolute Gasteiger partial charge is 0.110 e. The van der Waals surface area contributed by atoms with E-state index < -0.39 is 0 Å². The molecule has 0 saturated heterocycles. The third-order valence-electron chi connectivity index (χ3n) is 2.25. The van der Waals surface area contributed by atoms with Gasteiger partial charge >= 0.3 is 0 Å². The summed E-state index contributed by atoms with van der Waals surface area (Å²) in [5.41, 5.74) is 7.09. The molecule has 2 rings (SSSR count). The van der Waals surface area contributed by atoms with Crippen LogP contribution in [0.15, 0.2) is 0 Å². The summed E-state index contributed by atoms with van der Waals surface area (Å²) in [5, 5.41) is 1.11. The van der Waals surface area contributed by atoms with Gasteiger partial charge in [-0.1, -0.05) is 0 Å². The van der Waals surface area contributed by atoms with Crippen LogP contribution in [-0.2, 0) is 12.8 Å². The molecule has 0 unspecified atom stereocenters. The molecule has 66 valence electrons. The van der Waals surface area contributed by atoms with Crippen LogP contribution in [0.4, 0.5) is 0 Å². The average Bonchev–Trinajstić information content (AvgIpc) is 2.46. The van der Waals surface area contributed by atoms with E-state index in [9.17, 15) is 0 Å². The maximum atomic E-state index is 5.77. The molecular formula is C9H14N2S. The Morgan fingerprint density at radius 3 is 2.83 bits per heavy atom. The molecule has 0 radical (unpaired) electrons. The van der Waals surface area contributed by atoms with E-state index in [4.69, 9.17) is 5.73 Å². The summed E-state index contributed by atoms with van der Waals surface area (Å²) in [6.45, 7) is 2.00. The van der Waals surface area contributed by atoms with Crippen molar-refractivity contribution >= 4 is 11.3 Å². The third-order valence-corrected chi connectivity index (χ3v) is 3.61. The van der Waals surface area contributed by atoms with Gasteiger partial charge in [-0.05, 0) is 32.6 Å². The Morgan fingerprint density at radius 2 is 2.17 bits per heavy atom. The third kappa shape index (κ3) is 1.39. The molecule has 1 aliphatic rings. The Morgan fingerprint density at radius 1 is 1.42 bits per heavy atom. The number of aryl methyl sites for hydroxylation is 2. The minimum atomic E-state index is 0.112. The lowest BCUT2D eigenvalue weighted by molar-refractivity contribution is 0.677. The molecule has 0 spiro atoms. The highest BCUT2D eigenvalue weighted by Crippen LogP contribution is 2.28. The normalized spacial score (nSPS) is 18.8. The number of hydrogen-bond donors (Lipinski definition) is 1. The van der Waals surface area contributed by atoms with E-state index >= 15 is 0 Å². The van der Waals surface area contributed by atoms with Crippen LogP contribution in [0.3, 0.4) is 0 Å². The first-order chi connectivity index (χ1) is 5.77. The SMILES string of the molecule is C[C@H](N)c1nc2c(s1)CCCC2. The van der Waals surface area contributed by atoms with Crippen molar-refractivity contribution in [2.75, 3.05) is 0 Å². The highest BCUT2D eigenvalue weighted by Gasteiger charge is 2.16. The van der Waals surface area contributed by atoms with Crippen molar-refractivity contribution in [1.29, 1.82) is 0 Å². The molecule has 1 aliphatic carbocycles. The largest absolute Gasteiger partial charge is 0.322 e. The molecule has 2 N–H and O–H groups in total. The number of hydrogen-bond acceptors (Lipinski definition) is 3. The molecule has 0 aliphatic heterocycles. The first kappa shape index (κ1) is 8.20. The van der Waals surface area contributed by atoms with Crippen LogP contribution in [0.2, 0.25) is 0 Å². The zero-order valence-corrected chi connectivity index (χ0v) is 8.16. The Kier molecular flexibility index (Phi) is 2.15. The number of nitrogens with two attached hydrogens (primary N) is 1. The molecule has 0 amide bonds. The second kappa shape index (κ2) is 3.15. The molecule has 2 nitrogen and oxygen atoms in total. The molecule has 1 aromatic heterocycles. The highest BCUT2D eigenvalue weighted by atomic mass is 32.1. The maximum absolute atomic E-state index is 5.77. The van der Waals surface area contributed by atoms with E-state index in [-0.39, 0.29) is 6.04 Å². The zero-order chi connectivity index (χ0) is 8.55. The monoisotopic (exact) mass is 182 g/mol. The van der Waals surface area contributed by atoms with Crippen LogP contribution >= 0.6 is 11.3 Å². The fraction of sp³-hybridized carbons (Fsp3) is 0.667. The molecule has 12 heavy (non-hydrogen) atoms. The first-order valence-corrected chi connectivity index (χ1v) is 5.33. The van der Waals surface area contributed by atoms with Crippen molar-refractivity contribution in [3.8, 4) is 0 Å². The van der Waals surface area contributed by atoms with E-state index in [0.717, 1.165) is 5.01 Å². The summed E-state index contributed by atoms with van der Waals surface area (Å²) in [7, 11) is 0. The maximum Gasteiger partial charge on any atom is 0.110 e. The van der Waals surface area contributed by atoms with Crippen molar-refractivity contribution in [2.45, 2.75) is 38.6 Å². The molecule has 3 heteroatoms. The van der Waals surface area contributed by atoms with E-state index in [2.05, 4.69) is 4.98 Å². The second-order valence-corrected chi connectivity index (χ2v) is 4.53.